The number of halogens is 1. The molecule has 0 amide bonds. The summed E-state index contributed by atoms with van der Waals surface area (Å²) in [4.78, 5) is 2.34. The summed E-state index contributed by atoms with van der Waals surface area (Å²) < 4.78 is 14.6. The molecule has 1 atom stereocenters. The van der Waals surface area contributed by atoms with E-state index in [4.69, 9.17) is 5.73 Å². The van der Waals surface area contributed by atoms with E-state index in [0.29, 0.717) is 6.42 Å². The van der Waals surface area contributed by atoms with E-state index in [2.05, 4.69) is 17.0 Å². The summed E-state index contributed by atoms with van der Waals surface area (Å²) in [6.45, 7) is 2.30. The summed E-state index contributed by atoms with van der Waals surface area (Å²) in [6.07, 6.45) is 3.86. The number of fused-ring (bicyclic) bond motifs is 1. The molecule has 2 nitrogen and oxygen atoms in total. The zero-order valence-electron chi connectivity index (χ0n) is 10.1. The first kappa shape index (κ1) is 11.0. The molecule has 1 unspecified atom stereocenters. The predicted molar refractivity (Wildman–Crippen MR) is 68.1 cm³/mol. The van der Waals surface area contributed by atoms with Gasteiger partial charge in [0.05, 0.1) is 0 Å². The Morgan fingerprint density at radius 2 is 2.06 bits per heavy atom. The lowest BCUT2D eigenvalue weighted by molar-refractivity contribution is 0.177. The summed E-state index contributed by atoms with van der Waals surface area (Å²) in [5, 5.41) is 0. The molecule has 3 rings (SSSR count). The minimum Gasteiger partial charge on any atom is -0.372 e. The quantitative estimate of drug-likeness (QED) is 0.851. The maximum absolute atomic E-state index is 14.6. The Morgan fingerprint density at radius 3 is 2.76 bits per heavy atom. The number of rotatable bonds is 2. The largest absolute Gasteiger partial charge is 0.372 e. The predicted octanol–water partition coefficient (Wildman–Crippen LogP) is 2.36. The van der Waals surface area contributed by atoms with Crippen LogP contribution in [0.4, 0.5) is 10.1 Å². The van der Waals surface area contributed by atoms with Gasteiger partial charge >= 0.3 is 0 Å². The van der Waals surface area contributed by atoms with E-state index in [0.717, 1.165) is 30.6 Å². The summed E-state index contributed by atoms with van der Waals surface area (Å²) in [5.74, 6) is 0. The van der Waals surface area contributed by atoms with Crippen LogP contribution in [-0.4, -0.2) is 19.6 Å². The fourth-order valence-corrected chi connectivity index (χ4v) is 3.05. The van der Waals surface area contributed by atoms with Crippen LogP contribution in [0, 0.1) is 0 Å². The number of alkyl halides is 1. The van der Waals surface area contributed by atoms with Crippen molar-refractivity contribution >= 4 is 5.69 Å². The first-order valence-electron chi connectivity index (χ1n) is 6.50. The molecule has 1 aliphatic carbocycles. The third-order valence-corrected chi connectivity index (χ3v) is 4.16. The van der Waals surface area contributed by atoms with Crippen LogP contribution in [0.15, 0.2) is 18.2 Å². The Balaban J connectivity index is 1.97. The van der Waals surface area contributed by atoms with Crippen LogP contribution in [-0.2, 0) is 12.1 Å². The van der Waals surface area contributed by atoms with Gasteiger partial charge in [-0.05, 0) is 48.9 Å². The second-order valence-electron chi connectivity index (χ2n) is 5.21. The fourth-order valence-electron chi connectivity index (χ4n) is 3.05. The van der Waals surface area contributed by atoms with Gasteiger partial charge in [-0.2, -0.15) is 0 Å². The molecule has 0 spiro atoms. The molecule has 2 aliphatic rings. The zero-order chi connectivity index (χ0) is 11.9. The third kappa shape index (κ3) is 1.73. The van der Waals surface area contributed by atoms with Gasteiger partial charge < -0.3 is 10.6 Å². The van der Waals surface area contributed by atoms with Gasteiger partial charge in [0.15, 0.2) is 0 Å². The fraction of sp³-hybridized carbons (Fsp3) is 0.571. The minimum absolute atomic E-state index is 0.101. The van der Waals surface area contributed by atoms with E-state index in [1.54, 1.807) is 0 Å². The van der Waals surface area contributed by atoms with Gasteiger partial charge in [0, 0.05) is 25.3 Å². The second-order valence-corrected chi connectivity index (χ2v) is 5.21. The van der Waals surface area contributed by atoms with E-state index in [9.17, 15) is 4.39 Å². The number of hydrogen-bond donors (Lipinski definition) is 1. The molecular weight excluding hydrogens is 215 g/mol. The van der Waals surface area contributed by atoms with Crippen molar-refractivity contribution in [2.45, 2.75) is 31.4 Å². The van der Waals surface area contributed by atoms with Gasteiger partial charge in [0.2, 0.25) is 0 Å². The number of hydrogen-bond acceptors (Lipinski definition) is 2. The average molecular weight is 234 g/mol. The average Bonchev–Trinajstić information content (AvgIpc) is 2.98. The topological polar surface area (TPSA) is 29.3 Å². The summed E-state index contributed by atoms with van der Waals surface area (Å²) >= 11 is 0. The summed E-state index contributed by atoms with van der Waals surface area (Å²) in [5.41, 5.74) is 7.45. The van der Waals surface area contributed by atoms with E-state index < -0.39 is 5.67 Å². The van der Waals surface area contributed by atoms with E-state index in [-0.39, 0.29) is 6.54 Å². The van der Waals surface area contributed by atoms with Crippen molar-refractivity contribution in [3.05, 3.63) is 29.3 Å². The Hall–Kier alpha value is -1.09. The van der Waals surface area contributed by atoms with E-state index in [1.807, 2.05) is 6.07 Å². The molecule has 92 valence electrons. The molecule has 1 aliphatic heterocycles. The Bertz CT molecular complexity index is 426. The second kappa shape index (κ2) is 3.98. The van der Waals surface area contributed by atoms with Crippen LogP contribution in [0.5, 0.6) is 0 Å². The van der Waals surface area contributed by atoms with Gasteiger partial charge in [-0.25, -0.2) is 4.39 Å². The molecule has 1 heterocycles. The van der Waals surface area contributed by atoms with Crippen molar-refractivity contribution in [1.82, 2.24) is 0 Å². The van der Waals surface area contributed by atoms with Gasteiger partial charge in [0.1, 0.15) is 5.67 Å². The van der Waals surface area contributed by atoms with Crippen LogP contribution in [0.2, 0.25) is 0 Å². The highest BCUT2D eigenvalue weighted by Gasteiger charge is 2.38. The van der Waals surface area contributed by atoms with Gasteiger partial charge in [0.25, 0.3) is 0 Å². The molecule has 17 heavy (non-hydrogen) atoms. The lowest BCUT2D eigenvalue weighted by Gasteiger charge is -2.22. The molecule has 1 fully saturated rings. The molecule has 0 aromatic heterocycles. The van der Waals surface area contributed by atoms with Crippen molar-refractivity contribution in [2.75, 3.05) is 24.5 Å². The first-order chi connectivity index (χ1) is 8.23. The Morgan fingerprint density at radius 1 is 1.29 bits per heavy atom. The van der Waals surface area contributed by atoms with Gasteiger partial charge in [-0.3, -0.25) is 0 Å². The molecule has 0 saturated carbocycles. The zero-order valence-corrected chi connectivity index (χ0v) is 10.1. The summed E-state index contributed by atoms with van der Waals surface area (Å²) in [6, 6.07) is 6.24. The number of benzene rings is 1. The van der Waals surface area contributed by atoms with Crippen LogP contribution in [0.1, 0.15) is 30.4 Å². The lowest BCUT2D eigenvalue weighted by atomic mass is 9.97. The standard InChI is InChI=1S/C14H19FN2/c15-14(10-16)6-5-11-3-4-12(9-13(11)14)17-7-1-2-8-17/h3-4,9H,1-2,5-8,10,16H2. The number of anilines is 1. The molecule has 1 aromatic rings. The molecular formula is C14H19FN2. The Kier molecular flexibility index (Phi) is 2.58. The smallest absolute Gasteiger partial charge is 0.148 e. The normalized spacial score (nSPS) is 27.5. The highest BCUT2D eigenvalue weighted by Crippen LogP contribution is 2.41. The van der Waals surface area contributed by atoms with Gasteiger partial charge in [-0.15, -0.1) is 0 Å². The van der Waals surface area contributed by atoms with E-state index >= 15 is 0 Å². The molecule has 2 N–H and O–H groups in total. The van der Waals surface area contributed by atoms with Gasteiger partial charge in [-0.1, -0.05) is 6.07 Å². The Labute approximate surface area is 102 Å². The minimum atomic E-state index is -1.29. The molecule has 1 aromatic carbocycles. The van der Waals surface area contributed by atoms with Crippen molar-refractivity contribution in [3.63, 3.8) is 0 Å². The maximum Gasteiger partial charge on any atom is 0.148 e. The summed E-state index contributed by atoms with van der Waals surface area (Å²) in [7, 11) is 0. The molecule has 0 radical (unpaired) electrons. The van der Waals surface area contributed by atoms with Crippen molar-refractivity contribution < 1.29 is 4.39 Å². The number of nitrogens with zero attached hydrogens (tertiary/aromatic N) is 1. The SMILES string of the molecule is NCC1(F)CCc2ccc(N3CCCC3)cc21. The monoisotopic (exact) mass is 234 g/mol. The van der Waals surface area contributed by atoms with E-state index in [1.165, 1.54) is 18.5 Å². The highest BCUT2D eigenvalue weighted by atomic mass is 19.1. The lowest BCUT2D eigenvalue weighted by Crippen LogP contribution is -2.28. The maximum atomic E-state index is 14.6. The molecule has 1 saturated heterocycles. The highest BCUT2D eigenvalue weighted by molar-refractivity contribution is 5.54. The van der Waals surface area contributed by atoms with Crippen LogP contribution >= 0.6 is 0 Å². The van der Waals surface area contributed by atoms with Crippen LogP contribution in [0.25, 0.3) is 0 Å². The third-order valence-electron chi connectivity index (χ3n) is 4.16. The van der Waals surface area contributed by atoms with Crippen molar-refractivity contribution in [3.8, 4) is 0 Å². The number of aryl methyl sites for hydroxylation is 1. The van der Waals surface area contributed by atoms with Crippen LogP contribution < -0.4 is 10.6 Å². The molecule has 3 heteroatoms. The van der Waals surface area contributed by atoms with Crippen molar-refractivity contribution in [2.24, 2.45) is 5.73 Å². The van der Waals surface area contributed by atoms with Crippen LogP contribution in [0.3, 0.4) is 0 Å². The van der Waals surface area contributed by atoms with Crippen molar-refractivity contribution in [1.29, 1.82) is 0 Å². The number of nitrogens with two attached hydrogens (primary N) is 1. The molecule has 0 bridgehead atoms. The first-order valence-corrected chi connectivity index (χ1v) is 6.50.